The molecule has 0 fully saturated rings. The van der Waals surface area contributed by atoms with Gasteiger partial charge in [-0.15, -0.1) is 11.3 Å². The van der Waals surface area contributed by atoms with Crippen LogP contribution < -0.4 is 10.6 Å². The van der Waals surface area contributed by atoms with Crippen LogP contribution >= 0.6 is 11.3 Å². The predicted molar refractivity (Wildman–Crippen MR) is 100 cm³/mol. The summed E-state index contributed by atoms with van der Waals surface area (Å²) in [6, 6.07) is 11.4. The number of nitrogens with zero attached hydrogens (tertiary/aromatic N) is 1. The van der Waals surface area contributed by atoms with Crippen LogP contribution in [0.5, 0.6) is 0 Å². The van der Waals surface area contributed by atoms with Gasteiger partial charge < -0.3 is 15.1 Å². The molecule has 2 aromatic heterocycles. The summed E-state index contributed by atoms with van der Waals surface area (Å²) in [6.45, 7) is 2.72. The van der Waals surface area contributed by atoms with Gasteiger partial charge in [0.05, 0.1) is 18.4 Å². The van der Waals surface area contributed by atoms with Gasteiger partial charge in [0.25, 0.3) is 5.91 Å². The van der Waals surface area contributed by atoms with Crippen molar-refractivity contribution in [1.29, 1.82) is 0 Å². The van der Waals surface area contributed by atoms with Crippen molar-refractivity contribution in [3.05, 3.63) is 65.1 Å². The van der Waals surface area contributed by atoms with E-state index in [0.29, 0.717) is 13.1 Å². The minimum atomic E-state index is -0.299. The molecule has 0 saturated heterocycles. The molecule has 26 heavy (non-hydrogen) atoms. The van der Waals surface area contributed by atoms with Crippen molar-refractivity contribution in [3.8, 4) is 10.6 Å². The predicted octanol–water partition coefficient (Wildman–Crippen LogP) is 2.80. The Labute approximate surface area is 155 Å². The van der Waals surface area contributed by atoms with E-state index in [1.807, 2.05) is 30.5 Å². The van der Waals surface area contributed by atoms with E-state index in [0.717, 1.165) is 16.3 Å². The molecule has 0 bridgehead atoms. The molecule has 7 heteroatoms. The zero-order valence-electron chi connectivity index (χ0n) is 14.3. The van der Waals surface area contributed by atoms with Crippen LogP contribution in [0.2, 0.25) is 0 Å². The summed E-state index contributed by atoms with van der Waals surface area (Å²) in [5.74, 6) is -0.174. The van der Waals surface area contributed by atoms with Gasteiger partial charge in [-0.1, -0.05) is 23.8 Å². The van der Waals surface area contributed by atoms with Crippen molar-refractivity contribution in [3.63, 3.8) is 0 Å². The Kier molecular flexibility index (Phi) is 5.80. The number of nitrogens with one attached hydrogen (secondary N) is 2. The number of thiazole rings is 1. The number of carbonyl (C=O) groups excluding carboxylic acids is 2. The average Bonchev–Trinajstić information content (AvgIpc) is 3.30. The molecule has 0 aliphatic heterocycles. The molecule has 1 aromatic carbocycles. The Morgan fingerprint density at radius 3 is 2.77 bits per heavy atom. The summed E-state index contributed by atoms with van der Waals surface area (Å²) in [4.78, 5) is 28.2. The summed E-state index contributed by atoms with van der Waals surface area (Å²) in [5, 5.41) is 8.25. The number of benzene rings is 1. The molecule has 0 unspecified atom stereocenters. The van der Waals surface area contributed by atoms with Gasteiger partial charge in [0.1, 0.15) is 5.01 Å². The monoisotopic (exact) mass is 369 g/mol. The molecule has 0 saturated carbocycles. The number of rotatable bonds is 7. The first-order chi connectivity index (χ1) is 12.6. The standard InChI is InChI=1S/C19H19N3O3S/c1-13-4-2-5-14(10-13)19-22-15(12-26-19)11-17(23)20-7-8-21-18(24)16-6-3-9-25-16/h2-6,9-10,12H,7-8,11H2,1H3,(H,20,23)(H,21,24). The maximum Gasteiger partial charge on any atom is 0.287 e. The topological polar surface area (TPSA) is 84.2 Å². The Balaban J connectivity index is 1.43. The highest BCUT2D eigenvalue weighted by molar-refractivity contribution is 7.13. The normalized spacial score (nSPS) is 10.5. The van der Waals surface area contributed by atoms with E-state index in [9.17, 15) is 9.59 Å². The molecule has 2 amide bonds. The third kappa shape index (κ3) is 4.80. The van der Waals surface area contributed by atoms with Crippen LogP contribution in [0.4, 0.5) is 0 Å². The first-order valence-corrected chi connectivity index (χ1v) is 9.09. The van der Waals surface area contributed by atoms with Crippen LogP contribution in [-0.4, -0.2) is 29.9 Å². The largest absolute Gasteiger partial charge is 0.459 e. The van der Waals surface area contributed by atoms with Crippen LogP contribution in [0.3, 0.4) is 0 Å². The van der Waals surface area contributed by atoms with Gasteiger partial charge >= 0.3 is 0 Å². The van der Waals surface area contributed by atoms with Gasteiger partial charge in [-0.2, -0.15) is 0 Å². The Hall–Kier alpha value is -2.93. The molecule has 3 rings (SSSR count). The van der Waals surface area contributed by atoms with E-state index >= 15 is 0 Å². The van der Waals surface area contributed by atoms with E-state index in [1.54, 1.807) is 12.1 Å². The second-order valence-corrected chi connectivity index (χ2v) is 6.63. The maximum absolute atomic E-state index is 12.0. The number of hydrogen-bond donors (Lipinski definition) is 2. The number of furan rings is 1. The van der Waals surface area contributed by atoms with Crippen LogP contribution in [0, 0.1) is 6.92 Å². The summed E-state index contributed by atoms with van der Waals surface area (Å²) in [5.41, 5.74) is 2.97. The third-order valence-electron chi connectivity index (χ3n) is 3.64. The second kappa shape index (κ2) is 8.44. The number of carbonyl (C=O) groups is 2. The highest BCUT2D eigenvalue weighted by Gasteiger charge is 2.10. The first-order valence-electron chi connectivity index (χ1n) is 8.21. The highest BCUT2D eigenvalue weighted by Crippen LogP contribution is 2.24. The average molecular weight is 369 g/mol. The van der Waals surface area contributed by atoms with Crippen molar-refractivity contribution in [2.75, 3.05) is 13.1 Å². The molecule has 6 nitrogen and oxygen atoms in total. The molecule has 0 aliphatic carbocycles. The lowest BCUT2D eigenvalue weighted by Gasteiger charge is -2.05. The van der Waals surface area contributed by atoms with E-state index in [1.165, 1.54) is 23.2 Å². The zero-order valence-corrected chi connectivity index (χ0v) is 15.1. The summed E-state index contributed by atoms with van der Waals surface area (Å²) in [6.07, 6.45) is 1.66. The molecular weight excluding hydrogens is 350 g/mol. The van der Waals surface area contributed by atoms with E-state index in [2.05, 4.69) is 21.7 Å². The van der Waals surface area contributed by atoms with Gasteiger partial charge in [-0.05, 0) is 25.1 Å². The zero-order chi connectivity index (χ0) is 18.4. The number of aromatic nitrogens is 1. The number of hydrogen-bond acceptors (Lipinski definition) is 5. The Bertz CT molecular complexity index is 887. The lowest BCUT2D eigenvalue weighted by molar-refractivity contribution is -0.120. The van der Waals surface area contributed by atoms with E-state index in [4.69, 9.17) is 4.42 Å². The minimum Gasteiger partial charge on any atom is -0.459 e. The summed E-state index contributed by atoms with van der Waals surface area (Å²) < 4.78 is 4.99. The molecule has 134 valence electrons. The lowest BCUT2D eigenvalue weighted by Crippen LogP contribution is -2.35. The molecule has 2 heterocycles. The quantitative estimate of drug-likeness (QED) is 0.627. The SMILES string of the molecule is Cc1cccc(-c2nc(CC(=O)NCCNC(=O)c3ccco3)cs2)c1. The number of aryl methyl sites for hydroxylation is 1. The fourth-order valence-electron chi connectivity index (χ4n) is 2.40. The molecule has 0 radical (unpaired) electrons. The van der Waals surface area contributed by atoms with Crippen LogP contribution in [0.15, 0.2) is 52.5 Å². The van der Waals surface area contributed by atoms with Gasteiger partial charge in [0, 0.05) is 24.0 Å². The summed E-state index contributed by atoms with van der Waals surface area (Å²) in [7, 11) is 0. The van der Waals surface area contributed by atoms with Crippen molar-refractivity contribution in [1.82, 2.24) is 15.6 Å². The maximum atomic E-state index is 12.0. The smallest absolute Gasteiger partial charge is 0.287 e. The summed E-state index contributed by atoms with van der Waals surface area (Å²) >= 11 is 1.53. The molecule has 0 aliphatic rings. The Morgan fingerprint density at radius 2 is 2.00 bits per heavy atom. The van der Waals surface area contributed by atoms with Gasteiger partial charge in [0.15, 0.2) is 5.76 Å². The number of amides is 2. The Morgan fingerprint density at radius 1 is 1.15 bits per heavy atom. The highest BCUT2D eigenvalue weighted by atomic mass is 32.1. The van der Waals surface area contributed by atoms with Gasteiger partial charge in [-0.3, -0.25) is 9.59 Å². The van der Waals surface area contributed by atoms with Crippen molar-refractivity contribution in [2.45, 2.75) is 13.3 Å². The lowest BCUT2D eigenvalue weighted by atomic mass is 10.1. The van der Waals surface area contributed by atoms with Gasteiger partial charge in [-0.25, -0.2) is 4.98 Å². The van der Waals surface area contributed by atoms with Crippen LogP contribution in [-0.2, 0) is 11.2 Å². The van der Waals surface area contributed by atoms with Crippen molar-refractivity contribution >= 4 is 23.2 Å². The minimum absolute atomic E-state index is 0.127. The van der Waals surface area contributed by atoms with E-state index < -0.39 is 0 Å². The molecule has 0 atom stereocenters. The fraction of sp³-hybridized carbons (Fsp3) is 0.211. The molecule has 2 N–H and O–H groups in total. The van der Waals surface area contributed by atoms with Crippen molar-refractivity contribution in [2.24, 2.45) is 0 Å². The first kappa shape index (κ1) is 17.9. The van der Waals surface area contributed by atoms with Crippen LogP contribution in [0.1, 0.15) is 21.8 Å². The second-order valence-electron chi connectivity index (χ2n) is 5.77. The van der Waals surface area contributed by atoms with Crippen LogP contribution in [0.25, 0.3) is 10.6 Å². The molecular formula is C19H19N3O3S. The molecule has 3 aromatic rings. The molecule has 0 spiro atoms. The van der Waals surface area contributed by atoms with E-state index in [-0.39, 0.29) is 24.0 Å². The van der Waals surface area contributed by atoms with Crippen molar-refractivity contribution < 1.29 is 14.0 Å². The van der Waals surface area contributed by atoms with Gasteiger partial charge in [0.2, 0.25) is 5.91 Å². The third-order valence-corrected chi connectivity index (χ3v) is 4.58. The fourth-order valence-corrected chi connectivity index (χ4v) is 3.22.